The molecule has 0 spiro atoms. The molecule has 2 fully saturated rings. The highest BCUT2D eigenvalue weighted by atomic mass is 32.1. The van der Waals surface area contributed by atoms with Crippen molar-refractivity contribution in [3.8, 4) is 0 Å². The summed E-state index contributed by atoms with van der Waals surface area (Å²) in [6, 6.07) is 0.614. The first-order valence-corrected chi connectivity index (χ1v) is 7.50. The van der Waals surface area contributed by atoms with E-state index in [1.165, 1.54) is 50.1 Å². The van der Waals surface area contributed by atoms with E-state index in [4.69, 9.17) is 0 Å². The molecular formula is C13H21N3S. The number of anilines is 1. The molecule has 1 heterocycles. The number of nitrogens with one attached hydrogen (secondary N) is 1. The molecule has 1 aromatic rings. The van der Waals surface area contributed by atoms with Crippen LogP contribution in [0.25, 0.3) is 0 Å². The lowest BCUT2D eigenvalue weighted by Gasteiger charge is -2.34. The highest BCUT2D eigenvalue weighted by Crippen LogP contribution is 2.40. The van der Waals surface area contributed by atoms with Gasteiger partial charge in [-0.3, -0.25) is 0 Å². The van der Waals surface area contributed by atoms with Crippen molar-refractivity contribution in [3.05, 3.63) is 5.82 Å². The number of nitrogens with zero attached hydrogens (tertiary/aromatic N) is 2. The lowest BCUT2D eigenvalue weighted by Crippen LogP contribution is -2.29. The molecule has 0 aliphatic heterocycles. The van der Waals surface area contributed by atoms with Gasteiger partial charge in [-0.05, 0) is 43.9 Å². The minimum absolute atomic E-state index is 0.540. The Kier molecular flexibility index (Phi) is 2.85. The minimum atomic E-state index is 0.540. The van der Waals surface area contributed by atoms with Crippen molar-refractivity contribution < 1.29 is 0 Å². The lowest BCUT2D eigenvalue weighted by molar-refractivity contribution is 0.232. The van der Waals surface area contributed by atoms with E-state index >= 15 is 0 Å². The Hall–Kier alpha value is -0.640. The predicted molar refractivity (Wildman–Crippen MR) is 71.5 cm³/mol. The zero-order valence-electron chi connectivity index (χ0n) is 10.7. The third-order valence-electron chi connectivity index (χ3n) is 4.05. The van der Waals surface area contributed by atoms with Crippen LogP contribution in [0.3, 0.4) is 0 Å². The predicted octanol–water partition coefficient (Wildman–Crippen LogP) is 3.80. The molecule has 0 radical (unpaired) electrons. The van der Waals surface area contributed by atoms with Gasteiger partial charge in [-0.15, -0.1) is 0 Å². The third-order valence-corrected chi connectivity index (χ3v) is 4.71. The zero-order valence-corrected chi connectivity index (χ0v) is 11.5. The number of rotatable bonds is 3. The van der Waals surface area contributed by atoms with E-state index in [0.717, 1.165) is 11.0 Å². The fourth-order valence-electron chi connectivity index (χ4n) is 2.52. The average molecular weight is 251 g/mol. The molecule has 2 aliphatic rings. The molecular weight excluding hydrogens is 230 g/mol. The topological polar surface area (TPSA) is 37.8 Å². The number of hydrogen-bond acceptors (Lipinski definition) is 4. The smallest absolute Gasteiger partial charge is 0.202 e. The van der Waals surface area contributed by atoms with Gasteiger partial charge in [0.2, 0.25) is 5.13 Å². The van der Waals surface area contributed by atoms with Crippen LogP contribution in [0, 0.1) is 5.41 Å². The third kappa shape index (κ3) is 2.79. The molecule has 0 unspecified atom stereocenters. The second-order valence-electron chi connectivity index (χ2n) is 6.31. The second-order valence-corrected chi connectivity index (χ2v) is 7.07. The maximum atomic E-state index is 4.60. The Morgan fingerprint density at radius 3 is 2.53 bits per heavy atom. The van der Waals surface area contributed by atoms with Crippen LogP contribution in [0.2, 0.25) is 0 Å². The highest BCUT2D eigenvalue weighted by Gasteiger charge is 2.29. The van der Waals surface area contributed by atoms with Gasteiger partial charge in [-0.25, -0.2) is 4.98 Å². The van der Waals surface area contributed by atoms with Crippen molar-refractivity contribution in [2.45, 2.75) is 64.3 Å². The summed E-state index contributed by atoms with van der Waals surface area (Å²) in [6.07, 6.45) is 7.75. The Labute approximate surface area is 107 Å². The first kappa shape index (κ1) is 11.5. The summed E-state index contributed by atoms with van der Waals surface area (Å²) in [5.74, 6) is 1.75. The van der Waals surface area contributed by atoms with Crippen LogP contribution in [0.4, 0.5) is 5.13 Å². The SMILES string of the molecule is CC1(C)CCC(Nc2nc(C3CC3)ns2)CC1. The van der Waals surface area contributed by atoms with Gasteiger partial charge in [-0.2, -0.15) is 4.37 Å². The van der Waals surface area contributed by atoms with Crippen LogP contribution >= 0.6 is 11.5 Å². The van der Waals surface area contributed by atoms with Crippen LogP contribution in [0.1, 0.15) is 64.1 Å². The fourth-order valence-corrected chi connectivity index (χ4v) is 3.24. The molecule has 2 saturated carbocycles. The monoisotopic (exact) mass is 251 g/mol. The Bertz CT molecular complexity index is 385. The molecule has 94 valence electrons. The number of hydrogen-bond donors (Lipinski definition) is 1. The molecule has 1 aromatic heterocycles. The van der Waals surface area contributed by atoms with Crippen molar-refractivity contribution in [2.75, 3.05) is 5.32 Å². The maximum absolute atomic E-state index is 4.60. The standard InChI is InChI=1S/C13H21N3S/c1-13(2)7-5-10(6-8-13)14-12-15-11(16-17-12)9-3-4-9/h9-10H,3-8H2,1-2H3,(H,14,15,16). The van der Waals surface area contributed by atoms with E-state index in [-0.39, 0.29) is 0 Å². The van der Waals surface area contributed by atoms with Gasteiger partial charge >= 0.3 is 0 Å². The molecule has 4 heteroatoms. The van der Waals surface area contributed by atoms with Crippen molar-refractivity contribution in [3.63, 3.8) is 0 Å². The van der Waals surface area contributed by atoms with Crippen LogP contribution in [-0.4, -0.2) is 15.4 Å². The normalized spacial score (nSPS) is 24.8. The van der Waals surface area contributed by atoms with Gasteiger partial charge in [0.15, 0.2) is 0 Å². The average Bonchev–Trinajstić information content (AvgIpc) is 3.03. The molecule has 0 bridgehead atoms. The first-order valence-electron chi connectivity index (χ1n) is 6.72. The van der Waals surface area contributed by atoms with E-state index in [9.17, 15) is 0 Å². The maximum Gasteiger partial charge on any atom is 0.202 e. The van der Waals surface area contributed by atoms with Crippen LogP contribution in [-0.2, 0) is 0 Å². The summed E-state index contributed by atoms with van der Waals surface area (Å²) < 4.78 is 4.44. The Morgan fingerprint density at radius 1 is 1.18 bits per heavy atom. The molecule has 0 aromatic carbocycles. The largest absolute Gasteiger partial charge is 0.358 e. The van der Waals surface area contributed by atoms with Crippen LogP contribution in [0.5, 0.6) is 0 Å². The van der Waals surface area contributed by atoms with Gasteiger partial charge in [0.1, 0.15) is 5.82 Å². The van der Waals surface area contributed by atoms with Crippen LogP contribution < -0.4 is 5.32 Å². The van der Waals surface area contributed by atoms with Crippen molar-refractivity contribution in [1.29, 1.82) is 0 Å². The summed E-state index contributed by atoms with van der Waals surface area (Å²) in [7, 11) is 0. The quantitative estimate of drug-likeness (QED) is 0.888. The summed E-state index contributed by atoms with van der Waals surface area (Å²) in [4.78, 5) is 4.60. The molecule has 1 N–H and O–H groups in total. The van der Waals surface area contributed by atoms with Crippen LogP contribution in [0.15, 0.2) is 0 Å². The van der Waals surface area contributed by atoms with Gasteiger partial charge in [0.25, 0.3) is 0 Å². The van der Waals surface area contributed by atoms with E-state index in [1.54, 1.807) is 0 Å². The van der Waals surface area contributed by atoms with E-state index in [2.05, 4.69) is 28.5 Å². The Morgan fingerprint density at radius 2 is 1.88 bits per heavy atom. The van der Waals surface area contributed by atoms with Crippen molar-refractivity contribution >= 4 is 16.7 Å². The van der Waals surface area contributed by atoms with Gasteiger partial charge in [0, 0.05) is 23.5 Å². The van der Waals surface area contributed by atoms with Gasteiger partial charge < -0.3 is 5.32 Å². The van der Waals surface area contributed by atoms with Crippen molar-refractivity contribution in [2.24, 2.45) is 5.41 Å². The van der Waals surface area contributed by atoms with E-state index < -0.39 is 0 Å². The zero-order chi connectivity index (χ0) is 11.9. The second kappa shape index (κ2) is 4.23. The Balaban J connectivity index is 1.55. The van der Waals surface area contributed by atoms with E-state index in [1.807, 2.05) is 0 Å². The molecule has 0 atom stereocenters. The van der Waals surface area contributed by atoms with Gasteiger partial charge in [0.05, 0.1) is 0 Å². The van der Waals surface area contributed by atoms with E-state index in [0.29, 0.717) is 17.4 Å². The molecule has 0 saturated heterocycles. The lowest BCUT2D eigenvalue weighted by atomic mass is 9.76. The highest BCUT2D eigenvalue weighted by molar-refractivity contribution is 7.09. The summed E-state index contributed by atoms with van der Waals surface area (Å²) in [5.41, 5.74) is 0.540. The van der Waals surface area contributed by atoms with Crippen molar-refractivity contribution in [1.82, 2.24) is 9.36 Å². The fraction of sp³-hybridized carbons (Fsp3) is 0.846. The minimum Gasteiger partial charge on any atom is -0.358 e. The summed E-state index contributed by atoms with van der Waals surface area (Å²) in [6.45, 7) is 4.75. The molecule has 3 nitrogen and oxygen atoms in total. The molecule has 2 aliphatic carbocycles. The molecule has 0 amide bonds. The van der Waals surface area contributed by atoms with Gasteiger partial charge in [-0.1, -0.05) is 13.8 Å². The molecule has 17 heavy (non-hydrogen) atoms. The number of aromatic nitrogens is 2. The summed E-state index contributed by atoms with van der Waals surface area (Å²) >= 11 is 1.54. The summed E-state index contributed by atoms with van der Waals surface area (Å²) in [5, 5.41) is 4.61. The molecule has 3 rings (SSSR count). The first-order chi connectivity index (χ1) is 8.12.